The van der Waals surface area contributed by atoms with Gasteiger partial charge in [0.25, 0.3) is 0 Å². The van der Waals surface area contributed by atoms with E-state index in [1.54, 1.807) is 0 Å². The highest BCUT2D eigenvalue weighted by atomic mass is 79.9. The minimum absolute atomic E-state index is 0.0278. The minimum atomic E-state index is -3.55. The molecule has 2 rings (SSSR count). The smallest absolute Gasteiger partial charge is 0.395 e. The lowest BCUT2D eigenvalue weighted by Crippen LogP contribution is -2.25. The highest BCUT2D eigenvalue weighted by Crippen LogP contribution is 2.44. The molecule has 1 heterocycles. The Bertz CT molecular complexity index is 335. The average Bonchev–Trinajstić information content (AvgIpc) is 2.24. The molecule has 0 aromatic heterocycles. The fourth-order valence-electron chi connectivity index (χ4n) is 0.947. The van der Waals surface area contributed by atoms with Crippen LogP contribution in [0.15, 0.2) is 21.1 Å². The van der Waals surface area contributed by atoms with Crippen LogP contribution in [-0.2, 0) is 0 Å². The van der Waals surface area contributed by atoms with Crippen molar-refractivity contribution in [3.05, 3.63) is 21.1 Å². The zero-order chi connectivity index (χ0) is 9.64. The number of rotatable bonds is 0. The van der Waals surface area contributed by atoms with Crippen molar-refractivity contribution in [3.63, 3.8) is 0 Å². The van der Waals surface area contributed by atoms with E-state index < -0.39 is 6.29 Å². The summed E-state index contributed by atoms with van der Waals surface area (Å²) in [5.74, 6) is 0.0557. The summed E-state index contributed by atoms with van der Waals surface area (Å²) in [4.78, 5) is 0. The van der Waals surface area contributed by atoms with Crippen LogP contribution < -0.4 is 9.47 Å². The van der Waals surface area contributed by atoms with Crippen molar-refractivity contribution < 1.29 is 18.3 Å². The van der Waals surface area contributed by atoms with Gasteiger partial charge in [-0.15, -0.1) is 8.78 Å². The van der Waals surface area contributed by atoms with Crippen LogP contribution in [-0.4, -0.2) is 6.29 Å². The highest BCUT2D eigenvalue weighted by molar-refractivity contribution is 9.13. The predicted octanol–water partition coefficient (Wildman–Crippen LogP) is 3.53. The second-order valence-corrected chi connectivity index (χ2v) is 4.09. The van der Waals surface area contributed by atoms with E-state index in [4.69, 9.17) is 0 Å². The molecule has 0 unspecified atom stereocenters. The molecule has 0 bridgehead atoms. The van der Waals surface area contributed by atoms with Crippen LogP contribution >= 0.6 is 31.9 Å². The zero-order valence-corrected chi connectivity index (χ0v) is 9.16. The molecule has 13 heavy (non-hydrogen) atoms. The largest absolute Gasteiger partial charge is 0.586 e. The molecule has 1 aliphatic heterocycles. The lowest BCUT2D eigenvalue weighted by Gasteiger charge is -2.04. The van der Waals surface area contributed by atoms with E-state index in [1.807, 2.05) is 0 Å². The van der Waals surface area contributed by atoms with Gasteiger partial charge in [0.15, 0.2) is 11.5 Å². The van der Waals surface area contributed by atoms with Gasteiger partial charge in [-0.05, 0) is 44.0 Å². The Kier molecular flexibility index (Phi) is 1.99. The molecule has 0 spiro atoms. The molecule has 1 aromatic rings. The number of hydrogen-bond acceptors (Lipinski definition) is 2. The van der Waals surface area contributed by atoms with Crippen molar-refractivity contribution in [1.82, 2.24) is 0 Å². The Morgan fingerprint density at radius 3 is 1.77 bits per heavy atom. The maximum absolute atomic E-state index is 12.5. The van der Waals surface area contributed by atoms with Crippen LogP contribution in [0.1, 0.15) is 0 Å². The summed E-state index contributed by atoms with van der Waals surface area (Å²) in [6.45, 7) is 0. The molecular formula is C7H2Br2F2O2. The van der Waals surface area contributed by atoms with Crippen molar-refractivity contribution in [3.8, 4) is 11.5 Å². The summed E-state index contributed by atoms with van der Waals surface area (Å²) in [6.07, 6.45) is -3.55. The Balaban J connectivity index is 2.48. The van der Waals surface area contributed by atoms with Crippen molar-refractivity contribution in [2.45, 2.75) is 6.29 Å². The van der Waals surface area contributed by atoms with Crippen molar-refractivity contribution in [2.75, 3.05) is 0 Å². The van der Waals surface area contributed by atoms with Gasteiger partial charge in [0.2, 0.25) is 0 Å². The molecule has 0 radical (unpaired) electrons. The van der Waals surface area contributed by atoms with E-state index in [2.05, 4.69) is 41.3 Å². The molecule has 6 heteroatoms. The number of benzene rings is 1. The fraction of sp³-hybridized carbons (Fsp3) is 0.143. The Morgan fingerprint density at radius 1 is 1.00 bits per heavy atom. The van der Waals surface area contributed by atoms with Crippen LogP contribution in [0.25, 0.3) is 0 Å². The first-order valence-electron chi connectivity index (χ1n) is 3.23. The summed E-state index contributed by atoms with van der Waals surface area (Å²) in [6, 6.07) is 2.83. The predicted molar refractivity (Wildman–Crippen MR) is 48.0 cm³/mol. The first kappa shape index (κ1) is 9.21. The number of hydrogen-bond donors (Lipinski definition) is 0. The SMILES string of the molecule is FC1(F)Oc2cc(Br)c(Br)cc2O1. The van der Waals surface area contributed by atoms with Crippen molar-refractivity contribution in [1.29, 1.82) is 0 Å². The van der Waals surface area contributed by atoms with E-state index in [0.717, 1.165) is 0 Å². The lowest BCUT2D eigenvalue weighted by molar-refractivity contribution is -0.286. The molecule has 0 atom stereocenters. The first-order chi connectivity index (χ1) is 5.98. The van der Waals surface area contributed by atoms with Gasteiger partial charge in [-0.3, -0.25) is 0 Å². The van der Waals surface area contributed by atoms with Gasteiger partial charge >= 0.3 is 6.29 Å². The standard InChI is InChI=1S/C7H2Br2F2O2/c8-3-1-5-6(2-4(3)9)13-7(10,11)12-5/h1-2H. The summed E-state index contributed by atoms with van der Waals surface area (Å²) in [5, 5.41) is 0. The van der Waals surface area contributed by atoms with Crippen LogP contribution in [0, 0.1) is 0 Å². The molecule has 0 aliphatic carbocycles. The third-order valence-corrected chi connectivity index (χ3v) is 3.29. The average molecular weight is 316 g/mol. The van der Waals surface area contributed by atoms with E-state index in [1.165, 1.54) is 12.1 Å². The Morgan fingerprint density at radius 2 is 1.38 bits per heavy atom. The number of fused-ring (bicyclic) bond motifs is 1. The summed E-state index contributed by atoms with van der Waals surface area (Å²) in [5.41, 5.74) is 0. The van der Waals surface area contributed by atoms with E-state index >= 15 is 0 Å². The van der Waals surface area contributed by atoms with E-state index in [0.29, 0.717) is 8.95 Å². The van der Waals surface area contributed by atoms with Crippen LogP contribution in [0.2, 0.25) is 0 Å². The minimum Gasteiger partial charge on any atom is -0.395 e. The van der Waals surface area contributed by atoms with Gasteiger partial charge < -0.3 is 9.47 Å². The molecule has 0 fully saturated rings. The van der Waals surface area contributed by atoms with Crippen LogP contribution in [0.5, 0.6) is 11.5 Å². The van der Waals surface area contributed by atoms with E-state index in [9.17, 15) is 8.78 Å². The topological polar surface area (TPSA) is 18.5 Å². The summed E-state index contributed by atoms with van der Waals surface area (Å²) in [7, 11) is 0. The second kappa shape index (κ2) is 2.81. The highest BCUT2D eigenvalue weighted by Gasteiger charge is 2.43. The first-order valence-corrected chi connectivity index (χ1v) is 4.81. The lowest BCUT2D eigenvalue weighted by atomic mass is 10.3. The van der Waals surface area contributed by atoms with Gasteiger partial charge in [0, 0.05) is 8.95 Å². The second-order valence-electron chi connectivity index (χ2n) is 2.38. The van der Waals surface area contributed by atoms with E-state index in [-0.39, 0.29) is 11.5 Å². The molecule has 2 nitrogen and oxygen atoms in total. The third kappa shape index (κ3) is 1.65. The van der Waals surface area contributed by atoms with Gasteiger partial charge in [-0.2, -0.15) is 0 Å². The van der Waals surface area contributed by atoms with Gasteiger partial charge in [-0.1, -0.05) is 0 Å². The van der Waals surface area contributed by atoms with Crippen molar-refractivity contribution >= 4 is 31.9 Å². The number of ether oxygens (including phenoxy) is 2. The fourth-order valence-corrected chi connectivity index (χ4v) is 1.59. The molecular weight excluding hydrogens is 314 g/mol. The molecule has 1 aromatic carbocycles. The molecule has 0 N–H and O–H groups in total. The third-order valence-electron chi connectivity index (χ3n) is 1.44. The van der Waals surface area contributed by atoms with Crippen LogP contribution in [0.4, 0.5) is 8.78 Å². The molecule has 70 valence electrons. The summed E-state index contributed by atoms with van der Waals surface area (Å²) >= 11 is 6.32. The molecule has 0 amide bonds. The van der Waals surface area contributed by atoms with Gasteiger partial charge in [0.1, 0.15) is 0 Å². The van der Waals surface area contributed by atoms with Crippen molar-refractivity contribution in [2.24, 2.45) is 0 Å². The number of alkyl halides is 2. The molecule has 0 saturated heterocycles. The van der Waals surface area contributed by atoms with Gasteiger partial charge in [-0.25, -0.2) is 0 Å². The van der Waals surface area contributed by atoms with Gasteiger partial charge in [0.05, 0.1) is 0 Å². The molecule has 1 aliphatic rings. The summed E-state index contributed by atoms with van der Waals surface area (Å²) < 4.78 is 34.8. The Labute approximate surface area is 89.1 Å². The Hall–Kier alpha value is -0.360. The quantitative estimate of drug-likeness (QED) is 0.729. The normalized spacial score (nSPS) is 17.5. The maximum Gasteiger partial charge on any atom is 0.586 e. The number of halogens is 4. The molecule has 0 saturated carbocycles. The monoisotopic (exact) mass is 314 g/mol. The maximum atomic E-state index is 12.5. The van der Waals surface area contributed by atoms with Crippen LogP contribution in [0.3, 0.4) is 0 Å². The zero-order valence-electron chi connectivity index (χ0n) is 5.98.